The third-order valence-corrected chi connectivity index (χ3v) is 4.13. The summed E-state index contributed by atoms with van der Waals surface area (Å²) in [5.74, 6) is -1.08. The van der Waals surface area contributed by atoms with Crippen LogP contribution in [0.4, 0.5) is 0 Å². The van der Waals surface area contributed by atoms with Gasteiger partial charge in [0.15, 0.2) is 0 Å². The van der Waals surface area contributed by atoms with E-state index in [0.29, 0.717) is 24.2 Å². The van der Waals surface area contributed by atoms with Gasteiger partial charge in [0.05, 0.1) is 11.1 Å². The normalized spacial score (nSPS) is 12.5. The monoisotopic (exact) mass is 334 g/mol. The molecule has 0 aromatic heterocycles. The largest absolute Gasteiger partial charge is 0.335 e. The number of carbonyl (C=O) groups excluding carboxylic acids is 3. The minimum Gasteiger partial charge on any atom is -0.335 e. The average molecular weight is 334 g/mol. The lowest BCUT2D eigenvalue weighted by molar-refractivity contribution is 0.0775. The lowest BCUT2D eigenvalue weighted by Gasteiger charge is -2.21. The van der Waals surface area contributed by atoms with Gasteiger partial charge in [0.2, 0.25) is 0 Å². The van der Waals surface area contributed by atoms with E-state index in [9.17, 15) is 14.4 Å². The van der Waals surface area contributed by atoms with E-state index in [-0.39, 0.29) is 11.5 Å². The Balaban J connectivity index is 1.79. The molecule has 5 nitrogen and oxygen atoms in total. The summed E-state index contributed by atoms with van der Waals surface area (Å²) < 4.78 is 0. The van der Waals surface area contributed by atoms with Crippen molar-refractivity contribution >= 4 is 17.7 Å². The fraction of sp³-hybridized carbons (Fsp3) is 0.150. The zero-order valence-electron chi connectivity index (χ0n) is 13.7. The lowest BCUT2D eigenvalue weighted by Crippen LogP contribution is -2.33. The van der Waals surface area contributed by atoms with E-state index in [1.54, 1.807) is 17.0 Å². The Morgan fingerprint density at radius 1 is 1.04 bits per heavy atom. The molecule has 1 aliphatic heterocycles. The van der Waals surface area contributed by atoms with E-state index >= 15 is 0 Å². The summed E-state index contributed by atoms with van der Waals surface area (Å²) in [6, 6.07) is 14.5. The van der Waals surface area contributed by atoms with Gasteiger partial charge in [-0.25, -0.2) is 0 Å². The van der Waals surface area contributed by atoms with Crippen LogP contribution in [0.2, 0.25) is 0 Å². The van der Waals surface area contributed by atoms with Gasteiger partial charge in [-0.1, -0.05) is 36.4 Å². The first kappa shape index (κ1) is 16.6. The molecule has 3 rings (SSSR count). The molecule has 1 heterocycles. The number of amides is 3. The van der Waals surface area contributed by atoms with Gasteiger partial charge in [0, 0.05) is 18.7 Å². The molecule has 0 spiro atoms. The summed E-state index contributed by atoms with van der Waals surface area (Å²) in [7, 11) is 0. The molecular formula is C20H18N2O3. The topological polar surface area (TPSA) is 66.5 Å². The zero-order valence-corrected chi connectivity index (χ0v) is 13.7. The van der Waals surface area contributed by atoms with Crippen molar-refractivity contribution in [2.75, 3.05) is 13.1 Å². The Labute approximate surface area is 146 Å². The number of benzene rings is 2. The van der Waals surface area contributed by atoms with E-state index < -0.39 is 11.8 Å². The van der Waals surface area contributed by atoms with Crippen LogP contribution in [0, 0.1) is 0 Å². The molecule has 5 heteroatoms. The SMILES string of the molecule is C=CCN(CCc1ccccc1)C(=O)c1ccc2c(c1)C(=O)NC2=O. The number of imide groups is 1. The maximum Gasteiger partial charge on any atom is 0.258 e. The van der Waals surface area contributed by atoms with Gasteiger partial charge in [0.25, 0.3) is 17.7 Å². The second-order valence-electron chi connectivity index (χ2n) is 5.82. The zero-order chi connectivity index (χ0) is 17.8. The standard InChI is InChI=1S/C20H18N2O3/c1-2-11-22(12-10-14-6-4-3-5-7-14)20(25)15-8-9-16-17(13-15)19(24)21-18(16)23/h2-9,13H,1,10-12H2,(H,21,23,24). The molecule has 0 aliphatic carbocycles. The highest BCUT2D eigenvalue weighted by atomic mass is 16.2. The molecule has 25 heavy (non-hydrogen) atoms. The third-order valence-electron chi connectivity index (χ3n) is 4.13. The van der Waals surface area contributed by atoms with Crippen LogP contribution in [0.5, 0.6) is 0 Å². The van der Waals surface area contributed by atoms with Crippen LogP contribution in [0.1, 0.15) is 36.6 Å². The van der Waals surface area contributed by atoms with E-state index in [1.807, 2.05) is 30.3 Å². The van der Waals surface area contributed by atoms with Crippen LogP contribution >= 0.6 is 0 Å². The fourth-order valence-electron chi connectivity index (χ4n) is 2.82. The van der Waals surface area contributed by atoms with Gasteiger partial charge in [-0.3, -0.25) is 19.7 Å². The van der Waals surface area contributed by atoms with Crippen LogP contribution < -0.4 is 5.32 Å². The Bertz CT molecular complexity index is 843. The van der Waals surface area contributed by atoms with Crippen molar-refractivity contribution in [3.8, 4) is 0 Å². The fourth-order valence-corrected chi connectivity index (χ4v) is 2.82. The van der Waals surface area contributed by atoms with Crippen LogP contribution in [0.3, 0.4) is 0 Å². The third kappa shape index (κ3) is 3.50. The maximum atomic E-state index is 12.8. The minimum atomic E-state index is -0.464. The molecule has 0 fully saturated rings. The van der Waals surface area contributed by atoms with Crippen molar-refractivity contribution in [2.45, 2.75) is 6.42 Å². The van der Waals surface area contributed by atoms with Crippen molar-refractivity contribution in [2.24, 2.45) is 0 Å². The highest BCUT2D eigenvalue weighted by Crippen LogP contribution is 2.18. The average Bonchev–Trinajstić information content (AvgIpc) is 2.92. The first-order valence-electron chi connectivity index (χ1n) is 8.04. The number of rotatable bonds is 6. The Hall–Kier alpha value is -3.21. The van der Waals surface area contributed by atoms with E-state index in [4.69, 9.17) is 0 Å². The molecule has 0 atom stereocenters. The quantitative estimate of drug-likeness (QED) is 0.652. The summed E-state index contributed by atoms with van der Waals surface area (Å²) in [5, 5.41) is 2.23. The summed E-state index contributed by atoms with van der Waals surface area (Å²) in [6.45, 7) is 4.66. The van der Waals surface area contributed by atoms with Gasteiger partial charge in [-0.15, -0.1) is 6.58 Å². The molecule has 0 unspecified atom stereocenters. The van der Waals surface area contributed by atoms with Crippen molar-refractivity contribution in [3.63, 3.8) is 0 Å². The van der Waals surface area contributed by atoms with Crippen LogP contribution in [0.15, 0.2) is 61.2 Å². The number of nitrogens with zero attached hydrogens (tertiary/aromatic N) is 1. The Kier molecular flexibility index (Phi) is 4.75. The molecule has 3 amide bonds. The molecule has 0 radical (unpaired) electrons. The maximum absolute atomic E-state index is 12.8. The smallest absolute Gasteiger partial charge is 0.258 e. The van der Waals surface area contributed by atoms with Crippen molar-refractivity contribution in [1.29, 1.82) is 0 Å². The van der Waals surface area contributed by atoms with Crippen LogP contribution in [-0.2, 0) is 6.42 Å². The second-order valence-corrected chi connectivity index (χ2v) is 5.82. The first-order valence-corrected chi connectivity index (χ1v) is 8.04. The lowest BCUT2D eigenvalue weighted by atomic mass is 10.0. The molecule has 0 saturated carbocycles. The van der Waals surface area contributed by atoms with Crippen molar-refractivity contribution < 1.29 is 14.4 Å². The Morgan fingerprint density at radius 3 is 2.48 bits per heavy atom. The van der Waals surface area contributed by atoms with Crippen molar-refractivity contribution in [3.05, 3.63) is 83.4 Å². The summed E-state index contributed by atoms with van der Waals surface area (Å²) >= 11 is 0. The molecule has 126 valence electrons. The van der Waals surface area contributed by atoms with E-state index in [1.165, 1.54) is 12.1 Å². The summed E-state index contributed by atoms with van der Waals surface area (Å²) in [4.78, 5) is 37.9. The van der Waals surface area contributed by atoms with E-state index in [0.717, 1.165) is 12.0 Å². The molecule has 0 saturated heterocycles. The molecule has 1 N–H and O–H groups in total. The van der Waals surface area contributed by atoms with E-state index in [2.05, 4.69) is 11.9 Å². The molecular weight excluding hydrogens is 316 g/mol. The molecule has 1 aliphatic rings. The van der Waals surface area contributed by atoms with Gasteiger partial charge >= 0.3 is 0 Å². The minimum absolute atomic E-state index is 0.189. The number of hydrogen-bond donors (Lipinski definition) is 1. The van der Waals surface area contributed by atoms with Crippen molar-refractivity contribution in [1.82, 2.24) is 10.2 Å². The summed E-state index contributed by atoms with van der Waals surface area (Å²) in [5.41, 5.74) is 2.08. The van der Waals surface area contributed by atoms with Gasteiger partial charge in [0.1, 0.15) is 0 Å². The van der Waals surface area contributed by atoms with Crippen LogP contribution in [0.25, 0.3) is 0 Å². The molecule has 2 aromatic rings. The number of nitrogens with one attached hydrogen (secondary N) is 1. The van der Waals surface area contributed by atoms with Gasteiger partial charge < -0.3 is 4.90 Å². The predicted octanol–water partition coefficient (Wildman–Crippen LogP) is 2.44. The van der Waals surface area contributed by atoms with Gasteiger partial charge in [-0.2, -0.15) is 0 Å². The number of carbonyl (C=O) groups is 3. The number of fused-ring (bicyclic) bond motifs is 1. The van der Waals surface area contributed by atoms with Gasteiger partial charge in [-0.05, 0) is 30.2 Å². The second kappa shape index (κ2) is 7.13. The molecule has 2 aromatic carbocycles. The highest BCUT2D eigenvalue weighted by Gasteiger charge is 2.28. The van der Waals surface area contributed by atoms with Crippen LogP contribution in [-0.4, -0.2) is 35.7 Å². The number of hydrogen-bond acceptors (Lipinski definition) is 3. The Morgan fingerprint density at radius 2 is 1.76 bits per heavy atom. The predicted molar refractivity (Wildman–Crippen MR) is 94.5 cm³/mol. The highest BCUT2D eigenvalue weighted by molar-refractivity contribution is 6.22. The summed E-state index contributed by atoms with van der Waals surface area (Å²) in [6.07, 6.45) is 2.40. The first-order chi connectivity index (χ1) is 12.1. The molecule has 0 bridgehead atoms.